The van der Waals surface area contributed by atoms with Crippen LogP contribution in [-0.4, -0.2) is 20.3 Å². The summed E-state index contributed by atoms with van der Waals surface area (Å²) >= 11 is 9.19. The molecule has 30 heavy (non-hydrogen) atoms. The van der Waals surface area contributed by atoms with E-state index >= 15 is 0 Å². The van der Waals surface area contributed by atoms with Gasteiger partial charge >= 0.3 is 0 Å². The SMILES string of the molecule is Cc1cccc(-n2c(-c3ccc(Br)cc3)nn(CC(=O)Nc3ccccc3)c2=S)c1. The van der Waals surface area contributed by atoms with Crippen molar-refractivity contribution in [1.29, 1.82) is 0 Å². The molecule has 0 aliphatic rings. The largest absolute Gasteiger partial charge is 0.324 e. The molecule has 0 atom stereocenters. The maximum atomic E-state index is 12.6. The summed E-state index contributed by atoms with van der Waals surface area (Å²) in [6.45, 7) is 2.06. The van der Waals surface area contributed by atoms with Crippen molar-refractivity contribution < 1.29 is 4.79 Å². The van der Waals surface area contributed by atoms with E-state index in [9.17, 15) is 4.79 Å². The van der Waals surface area contributed by atoms with Crippen molar-refractivity contribution in [1.82, 2.24) is 14.3 Å². The monoisotopic (exact) mass is 478 g/mol. The highest BCUT2D eigenvalue weighted by atomic mass is 79.9. The standard InChI is InChI=1S/C23H19BrN4OS/c1-16-6-5-9-20(14-16)28-22(17-10-12-18(24)13-11-17)26-27(23(28)30)15-21(29)25-19-7-3-2-4-8-19/h2-14H,15H2,1H3,(H,25,29). The number of para-hydroxylation sites is 1. The van der Waals surface area contributed by atoms with Gasteiger partial charge in [-0.05, 0) is 61.1 Å². The van der Waals surface area contributed by atoms with Crippen LogP contribution in [0.2, 0.25) is 0 Å². The number of anilines is 1. The molecule has 1 aromatic heterocycles. The molecule has 0 unspecified atom stereocenters. The van der Waals surface area contributed by atoms with Crippen LogP contribution >= 0.6 is 28.1 Å². The van der Waals surface area contributed by atoms with Crippen molar-refractivity contribution in [2.24, 2.45) is 0 Å². The van der Waals surface area contributed by atoms with Crippen LogP contribution in [0, 0.1) is 11.7 Å². The van der Waals surface area contributed by atoms with Gasteiger partial charge < -0.3 is 5.32 Å². The lowest BCUT2D eigenvalue weighted by Gasteiger charge is -2.08. The number of nitrogens with one attached hydrogen (secondary N) is 1. The lowest BCUT2D eigenvalue weighted by molar-refractivity contribution is -0.116. The number of nitrogens with zero attached hydrogens (tertiary/aromatic N) is 3. The van der Waals surface area contributed by atoms with E-state index in [4.69, 9.17) is 17.3 Å². The maximum absolute atomic E-state index is 12.6. The molecule has 0 aliphatic heterocycles. The van der Waals surface area contributed by atoms with Gasteiger partial charge in [-0.15, -0.1) is 0 Å². The van der Waals surface area contributed by atoms with E-state index in [0.717, 1.165) is 27.0 Å². The molecule has 4 aromatic rings. The third kappa shape index (κ3) is 4.42. The Kier molecular flexibility index (Phi) is 5.92. The smallest absolute Gasteiger partial charge is 0.246 e. The second-order valence-corrected chi connectivity index (χ2v) is 8.14. The molecule has 1 N–H and O–H groups in total. The number of hydrogen-bond acceptors (Lipinski definition) is 3. The first-order valence-corrected chi connectivity index (χ1v) is 10.6. The molecule has 5 nitrogen and oxygen atoms in total. The number of benzene rings is 3. The highest BCUT2D eigenvalue weighted by Crippen LogP contribution is 2.25. The van der Waals surface area contributed by atoms with Gasteiger partial charge in [-0.3, -0.25) is 9.36 Å². The second kappa shape index (κ2) is 8.77. The minimum absolute atomic E-state index is 0.0239. The van der Waals surface area contributed by atoms with Gasteiger partial charge in [0, 0.05) is 15.7 Å². The van der Waals surface area contributed by atoms with Crippen LogP contribution in [-0.2, 0) is 11.3 Å². The Labute approximate surface area is 188 Å². The molecule has 150 valence electrons. The fourth-order valence-electron chi connectivity index (χ4n) is 3.15. The minimum Gasteiger partial charge on any atom is -0.324 e. The molecule has 0 radical (unpaired) electrons. The zero-order chi connectivity index (χ0) is 21.1. The summed E-state index contributed by atoms with van der Waals surface area (Å²) in [7, 11) is 0. The number of hydrogen-bond donors (Lipinski definition) is 1. The van der Waals surface area contributed by atoms with Crippen molar-refractivity contribution in [3.8, 4) is 17.1 Å². The molecule has 0 aliphatic carbocycles. The minimum atomic E-state index is -0.187. The Balaban J connectivity index is 1.75. The van der Waals surface area contributed by atoms with E-state index in [0.29, 0.717) is 10.6 Å². The molecule has 1 amide bonds. The second-order valence-electron chi connectivity index (χ2n) is 6.86. The summed E-state index contributed by atoms with van der Waals surface area (Å²) in [6, 6.07) is 25.3. The summed E-state index contributed by atoms with van der Waals surface area (Å²) in [6.07, 6.45) is 0. The average Bonchev–Trinajstić information content (AvgIpc) is 3.05. The van der Waals surface area contributed by atoms with Gasteiger partial charge in [-0.1, -0.05) is 58.4 Å². The first-order valence-electron chi connectivity index (χ1n) is 9.39. The van der Waals surface area contributed by atoms with Gasteiger partial charge in [0.25, 0.3) is 0 Å². The Morgan fingerprint density at radius 1 is 1.03 bits per heavy atom. The van der Waals surface area contributed by atoms with E-state index in [1.165, 1.54) is 0 Å². The van der Waals surface area contributed by atoms with Gasteiger partial charge in [-0.25, -0.2) is 4.68 Å². The van der Waals surface area contributed by atoms with Crippen LogP contribution in [0.4, 0.5) is 5.69 Å². The van der Waals surface area contributed by atoms with Crippen LogP contribution < -0.4 is 5.32 Å². The molecule has 4 rings (SSSR count). The normalized spacial score (nSPS) is 10.7. The molecule has 7 heteroatoms. The molecule has 0 saturated heterocycles. The number of carbonyl (C=O) groups is 1. The first-order chi connectivity index (χ1) is 14.5. The van der Waals surface area contributed by atoms with Crippen LogP contribution in [0.25, 0.3) is 17.1 Å². The highest BCUT2D eigenvalue weighted by molar-refractivity contribution is 9.10. The van der Waals surface area contributed by atoms with Crippen molar-refractivity contribution in [2.75, 3.05) is 5.32 Å². The fraction of sp³-hybridized carbons (Fsp3) is 0.0870. The number of halogens is 1. The van der Waals surface area contributed by atoms with Crippen LogP contribution in [0.3, 0.4) is 0 Å². The van der Waals surface area contributed by atoms with E-state index in [1.54, 1.807) is 4.68 Å². The van der Waals surface area contributed by atoms with E-state index in [-0.39, 0.29) is 12.5 Å². The Morgan fingerprint density at radius 3 is 2.47 bits per heavy atom. The third-order valence-corrected chi connectivity index (χ3v) is 5.47. The molecule has 0 spiro atoms. The van der Waals surface area contributed by atoms with Gasteiger partial charge in [0.2, 0.25) is 10.7 Å². The van der Waals surface area contributed by atoms with Crippen LogP contribution in [0.5, 0.6) is 0 Å². The zero-order valence-corrected chi connectivity index (χ0v) is 18.7. The summed E-state index contributed by atoms with van der Waals surface area (Å²) in [5, 5.41) is 7.58. The third-order valence-electron chi connectivity index (χ3n) is 4.55. The average molecular weight is 479 g/mol. The molecule has 3 aromatic carbocycles. The highest BCUT2D eigenvalue weighted by Gasteiger charge is 2.16. The van der Waals surface area contributed by atoms with Gasteiger partial charge in [0.05, 0.1) is 5.69 Å². The summed E-state index contributed by atoms with van der Waals surface area (Å²) in [5.74, 6) is 0.499. The fourth-order valence-corrected chi connectivity index (χ4v) is 3.72. The topological polar surface area (TPSA) is 51.9 Å². The van der Waals surface area contributed by atoms with Gasteiger partial charge in [0.15, 0.2) is 5.82 Å². The summed E-state index contributed by atoms with van der Waals surface area (Å²) in [5.41, 5.74) is 3.67. The first kappa shape index (κ1) is 20.3. The Morgan fingerprint density at radius 2 is 1.77 bits per heavy atom. The lowest BCUT2D eigenvalue weighted by atomic mass is 10.2. The maximum Gasteiger partial charge on any atom is 0.246 e. The number of amides is 1. The molecule has 0 fully saturated rings. The van der Waals surface area contributed by atoms with Crippen LogP contribution in [0.1, 0.15) is 5.56 Å². The molecule has 1 heterocycles. The van der Waals surface area contributed by atoms with E-state index in [2.05, 4.69) is 21.2 Å². The molecular formula is C23H19BrN4OS. The number of aromatic nitrogens is 3. The van der Waals surface area contributed by atoms with Crippen molar-refractivity contribution in [3.05, 3.63) is 93.7 Å². The molecule has 0 bridgehead atoms. The quantitative estimate of drug-likeness (QED) is 0.369. The number of aryl methyl sites for hydroxylation is 1. The predicted octanol–water partition coefficient (Wildman–Crippen LogP) is 5.78. The van der Waals surface area contributed by atoms with Crippen LogP contribution in [0.15, 0.2) is 83.3 Å². The van der Waals surface area contributed by atoms with E-state index in [1.807, 2.05) is 90.4 Å². The van der Waals surface area contributed by atoms with Gasteiger partial charge in [0.1, 0.15) is 6.54 Å². The summed E-state index contributed by atoms with van der Waals surface area (Å²) < 4.78 is 4.91. The molecule has 0 saturated carbocycles. The number of carbonyl (C=O) groups excluding carboxylic acids is 1. The lowest BCUT2D eigenvalue weighted by Crippen LogP contribution is -2.19. The van der Waals surface area contributed by atoms with Crippen molar-refractivity contribution in [2.45, 2.75) is 13.5 Å². The Hall–Kier alpha value is -3.03. The number of rotatable bonds is 5. The van der Waals surface area contributed by atoms with Crippen molar-refractivity contribution >= 4 is 39.7 Å². The zero-order valence-electron chi connectivity index (χ0n) is 16.2. The van der Waals surface area contributed by atoms with E-state index < -0.39 is 0 Å². The van der Waals surface area contributed by atoms with Gasteiger partial charge in [-0.2, -0.15) is 5.10 Å². The summed E-state index contributed by atoms with van der Waals surface area (Å²) in [4.78, 5) is 12.6. The molecular weight excluding hydrogens is 460 g/mol. The van der Waals surface area contributed by atoms with Crippen molar-refractivity contribution in [3.63, 3.8) is 0 Å². The Bertz CT molecular complexity index is 1250. The predicted molar refractivity (Wildman–Crippen MR) is 125 cm³/mol.